The van der Waals surface area contributed by atoms with E-state index in [1.807, 2.05) is 36.4 Å². The molecule has 1 atom stereocenters. The Hall–Kier alpha value is -2.30. The molecule has 0 radical (unpaired) electrons. The lowest BCUT2D eigenvalue weighted by molar-refractivity contribution is -0.150. The van der Waals surface area contributed by atoms with Crippen molar-refractivity contribution in [2.24, 2.45) is 0 Å². The van der Waals surface area contributed by atoms with Gasteiger partial charge in [0.05, 0.1) is 0 Å². The third-order valence-electron chi connectivity index (χ3n) is 3.31. The van der Waals surface area contributed by atoms with E-state index in [2.05, 4.69) is 0 Å². The van der Waals surface area contributed by atoms with Crippen molar-refractivity contribution in [1.82, 2.24) is 4.90 Å². The maximum atomic E-state index is 12.3. The molecule has 1 aliphatic heterocycles. The number of amides is 1. The van der Waals surface area contributed by atoms with Crippen LogP contribution in [0.25, 0.3) is 0 Å². The molecule has 1 aromatic carbocycles. The van der Waals surface area contributed by atoms with Crippen LogP contribution in [-0.2, 0) is 20.9 Å². The summed E-state index contributed by atoms with van der Waals surface area (Å²) in [6, 6.07) is 8.82. The number of carbonyl (C=O) groups is 2. The summed E-state index contributed by atoms with van der Waals surface area (Å²) in [5.41, 5.74) is 0.303. The minimum absolute atomic E-state index is 0.196. The van der Waals surface area contributed by atoms with Crippen LogP contribution in [0.4, 0.5) is 4.79 Å². The molecule has 5 heteroatoms. The Bertz CT molecular complexity index is 574. The SMILES string of the molecule is CC(C)(C)OC(=O)N1C=CCCC1C(=O)OCc1ccccc1. The van der Waals surface area contributed by atoms with Crippen LogP contribution in [0.15, 0.2) is 42.6 Å². The van der Waals surface area contributed by atoms with Gasteiger partial charge in [-0.25, -0.2) is 9.59 Å². The maximum absolute atomic E-state index is 12.3. The number of allylic oxidation sites excluding steroid dienone is 1. The van der Waals surface area contributed by atoms with Crippen LogP contribution in [-0.4, -0.2) is 28.6 Å². The zero-order chi connectivity index (χ0) is 16.9. The summed E-state index contributed by atoms with van der Waals surface area (Å²) in [5.74, 6) is -0.413. The monoisotopic (exact) mass is 317 g/mol. The van der Waals surface area contributed by atoms with Crippen LogP contribution in [0, 0.1) is 0 Å². The van der Waals surface area contributed by atoms with Crippen LogP contribution >= 0.6 is 0 Å². The third-order valence-corrected chi connectivity index (χ3v) is 3.31. The lowest BCUT2D eigenvalue weighted by Crippen LogP contribution is -2.46. The Balaban J connectivity index is 1.99. The minimum Gasteiger partial charge on any atom is -0.459 e. The number of ether oxygens (including phenoxy) is 2. The Kier molecular flexibility index (Phi) is 5.42. The predicted octanol–water partition coefficient (Wildman–Crippen LogP) is 3.64. The van der Waals surface area contributed by atoms with E-state index in [1.54, 1.807) is 27.0 Å². The van der Waals surface area contributed by atoms with Crippen molar-refractivity contribution >= 4 is 12.1 Å². The number of esters is 1. The first-order chi connectivity index (χ1) is 10.9. The fraction of sp³-hybridized carbons (Fsp3) is 0.444. The van der Waals surface area contributed by atoms with Crippen molar-refractivity contribution < 1.29 is 19.1 Å². The first-order valence-electron chi connectivity index (χ1n) is 7.75. The molecule has 1 unspecified atom stereocenters. The summed E-state index contributed by atoms with van der Waals surface area (Å²) in [6.45, 7) is 5.58. The van der Waals surface area contributed by atoms with E-state index in [9.17, 15) is 9.59 Å². The van der Waals surface area contributed by atoms with E-state index in [0.29, 0.717) is 6.42 Å². The highest BCUT2D eigenvalue weighted by atomic mass is 16.6. The van der Waals surface area contributed by atoms with Crippen molar-refractivity contribution in [1.29, 1.82) is 0 Å². The third kappa shape index (κ3) is 5.13. The molecule has 23 heavy (non-hydrogen) atoms. The molecule has 0 N–H and O–H groups in total. The Morgan fingerprint density at radius 1 is 1.22 bits per heavy atom. The molecule has 0 aliphatic carbocycles. The number of hydrogen-bond donors (Lipinski definition) is 0. The summed E-state index contributed by atoms with van der Waals surface area (Å²) >= 11 is 0. The van der Waals surface area contributed by atoms with Crippen LogP contribution in [0.1, 0.15) is 39.2 Å². The van der Waals surface area contributed by atoms with Gasteiger partial charge in [0.2, 0.25) is 0 Å². The van der Waals surface area contributed by atoms with Gasteiger partial charge in [0.25, 0.3) is 0 Å². The lowest BCUT2D eigenvalue weighted by Gasteiger charge is -2.31. The summed E-state index contributed by atoms with van der Waals surface area (Å²) in [4.78, 5) is 25.9. The fourth-order valence-electron chi connectivity index (χ4n) is 2.24. The van der Waals surface area contributed by atoms with E-state index < -0.39 is 23.7 Å². The average molecular weight is 317 g/mol. The molecule has 124 valence electrons. The van der Waals surface area contributed by atoms with Crippen LogP contribution in [0.2, 0.25) is 0 Å². The molecule has 0 saturated carbocycles. The topological polar surface area (TPSA) is 55.8 Å². The van der Waals surface area contributed by atoms with Crippen molar-refractivity contribution in [2.45, 2.75) is 51.9 Å². The van der Waals surface area contributed by atoms with Gasteiger partial charge in [0.15, 0.2) is 0 Å². The van der Waals surface area contributed by atoms with Crippen LogP contribution in [0.5, 0.6) is 0 Å². The van der Waals surface area contributed by atoms with Gasteiger partial charge in [-0.15, -0.1) is 0 Å². The Labute approximate surface area is 136 Å². The summed E-state index contributed by atoms with van der Waals surface area (Å²) in [5, 5.41) is 0. The maximum Gasteiger partial charge on any atom is 0.415 e. The quantitative estimate of drug-likeness (QED) is 0.799. The minimum atomic E-state index is -0.640. The van der Waals surface area contributed by atoms with E-state index in [1.165, 1.54) is 4.90 Å². The zero-order valence-electron chi connectivity index (χ0n) is 13.8. The highest BCUT2D eigenvalue weighted by molar-refractivity contribution is 5.82. The second-order valence-corrected chi connectivity index (χ2v) is 6.46. The van der Waals surface area contributed by atoms with Crippen molar-refractivity contribution in [2.75, 3.05) is 0 Å². The van der Waals surface area contributed by atoms with Gasteiger partial charge in [-0.05, 0) is 39.2 Å². The number of benzene rings is 1. The first kappa shape index (κ1) is 17.1. The average Bonchev–Trinajstić information content (AvgIpc) is 2.52. The highest BCUT2D eigenvalue weighted by Gasteiger charge is 2.33. The summed E-state index contributed by atoms with van der Waals surface area (Å²) in [7, 11) is 0. The molecule has 0 aromatic heterocycles. The van der Waals surface area contributed by atoms with Crippen molar-refractivity contribution in [3.8, 4) is 0 Å². The summed E-state index contributed by atoms with van der Waals surface area (Å²) < 4.78 is 10.7. The summed E-state index contributed by atoms with van der Waals surface area (Å²) in [6.07, 6.45) is 4.18. The van der Waals surface area contributed by atoms with E-state index in [-0.39, 0.29) is 6.61 Å². The number of carbonyl (C=O) groups excluding carboxylic acids is 2. The van der Waals surface area contributed by atoms with Crippen LogP contribution in [0.3, 0.4) is 0 Å². The van der Waals surface area contributed by atoms with E-state index in [0.717, 1.165) is 12.0 Å². The van der Waals surface area contributed by atoms with Crippen molar-refractivity contribution in [3.05, 3.63) is 48.2 Å². The molecule has 5 nitrogen and oxygen atoms in total. The van der Waals surface area contributed by atoms with Gasteiger partial charge in [0, 0.05) is 6.20 Å². The molecular weight excluding hydrogens is 294 g/mol. The van der Waals surface area contributed by atoms with E-state index in [4.69, 9.17) is 9.47 Å². The second kappa shape index (κ2) is 7.31. The van der Waals surface area contributed by atoms with Gasteiger partial charge in [-0.3, -0.25) is 4.90 Å². The lowest BCUT2D eigenvalue weighted by atomic mass is 10.1. The zero-order valence-corrected chi connectivity index (χ0v) is 13.8. The molecular formula is C18H23NO4. The Morgan fingerprint density at radius 3 is 2.57 bits per heavy atom. The molecule has 0 saturated heterocycles. The van der Waals surface area contributed by atoms with Gasteiger partial charge in [-0.1, -0.05) is 36.4 Å². The number of rotatable bonds is 3. The molecule has 2 rings (SSSR count). The van der Waals surface area contributed by atoms with Gasteiger partial charge >= 0.3 is 12.1 Å². The van der Waals surface area contributed by atoms with Gasteiger partial charge in [0.1, 0.15) is 18.2 Å². The van der Waals surface area contributed by atoms with Gasteiger partial charge in [-0.2, -0.15) is 0 Å². The molecule has 1 heterocycles. The number of nitrogens with zero attached hydrogens (tertiary/aromatic N) is 1. The first-order valence-corrected chi connectivity index (χ1v) is 7.75. The fourth-order valence-corrected chi connectivity index (χ4v) is 2.24. The molecule has 0 bridgehead atoms. The number of hydrogen-bond acceptors (Lipinski definition) is 4. The highest BCUT2D eigenvalue weighted by Crippen LogP contribution is 2.20. The normalized spacial score (nSPS) is 17.7. The molecule has 0 spiro atoms. The molecule has 1 aliphatic rings. The van der Waals surface area contributed by atoms with Crippen molar-refractivity contribution in [3.63, 3.8) is 0 Å². The molecule has 1 aromatic rings. The smallest absolute Gasteiger partial charge is 0.415 e. The molecule has 1 amide bonds. The van der Waals surface area contributed by atoms with Crippen LogP contribution < -0.4 is 0 Å². The van der Waals surface area contributed by atoms with E-state index >= 15 is 0 Å². The predicted molar refractivity (Wildman–Crippen MR) is 86.5 cm³/mol. The second-order valence-electron chi connectivity index (χ2n) is 6.46. The Morgan fingerprint density at radius 2 is 1.91 bits per heavy atom. The standard InChI is InChI=1S/C18H23NO4/c1-18(2,3)23-17(21)19-12-8-7-11-15(19)16(20)22-13-14-9-5-4-6-10-14/h4-6,8-10,12,15H,7,11,13H2,1-3H3. The van der Waals surface area contributed by atoms with Gasteiger partial charge < -0.3 is 9.47 Å². The largest absolute Gasteiger partial charge is 0.459 e. The molecule has 0 fully saturated rings.